The van der Waals surface area contributed by atoms with E-state index in [9.17, 15) is 5.11 Å². The second-order valence-electron chi connectivity index (χ2n) is 7.55. The summed E-state index contributed by atoms with van der Waals surface area (Å²) in [6, 6.07) is 18.6. The van der Waals surface area contributed by atoms with Gasteiger partial charge in [0.2, 0.25) is 5.62 Å². The number of aliphatic hydroxyl groups is 1. The van der Waals surface area contributed by atoms with E-state index in [2.05, 4.69) is 60.0 Å². The number of fused-ring (bicyclic) bond motifs is 1. The van der Waals surface area contributed by atoms with Crippen LogP contribution in [0.1, 0.15) is 35.6 Å². The third-order valence-corrected chi connectivity index (χ3v) is 5.49. The van der Waals surface area contributed by atoms with E-state index < -0.39 is 0 Å². The molecule has 0 spiro atoms. The zero-order chi connectivity index (χ0) is 19.5. The first-order valence-corrected chi connectivity index (χ1v) is 9.93. The molecule has 4 nitrogen and oxygen atoms in total. The van der Waals surface area contributed by atoms with Crippen LogP contribution < -0.4 is 16.3 Å². The molecule has 1 atom stereocenters. The lowest BCUT2D eigenvalue weighted by atomic mass is 10.0. The number of rotatable bonds is 6. The third kappa shape index (κ3) is 3.60. The van der Waals surface area contributed by atoms with Gasteiger partial charge in [0.25, 0.3) is 0 Å². The van der Waals surface area contributed by atoms with Gasteiger partial charge in [-0.05, 0) is 37.3 Å². The summed E-state index contributed by atoms with van der Waals surface area (Å²) in [4.78, 5) is 0. The Balaban J connectivity index is 1.78. The molecule has 1 aliphatic rings. The maximum absolute atomic E-state index is 10.2. The van der Waals surface area contributed by atoms with Crippen LogP contribution in [-0.4, -0.2) is 20.8 Å². The van der Waals surface area contributed by atoms with Gasteiger partial charge in [-0.15, -0.1) is 0 Å². The van der Waals surface area contributed by atoms with Gasteiger partial charge < -0.3 is 14.2 Å². The zero-order valence-corrected chi connectivity index (χ0v) is 16.3. The van der Waals surface area contributed by atoms with E-state index in [0.29, 0.717) is 18.6 Å². The Morgan fingerprint density at radius 2 is 1.61 bits per heavy atom. The van der Waals surface area contributed by atoms with E-state index in [1.165, 1.54) is 16.7 Å². The average Bonchev–Trinajstić information content (AvgIpc) is 3.00. The monoisotopic (exact) mass is 373 g/mol. The van der Waals surface area contributed by atoms with Gasteiger partial charge in [0, 0.05) is 0 Å². The first-order valence-electron chi connectivity index (χ1n) is 9.93. The Labute approximate surface area is 165 Å². The van der Waals surface area contributed by atoms with Crippen LogP contribution >= 0.6 is 0 Å². The first-order chi connectivity index (χ1) is 13.7. The minimum absolute atomic E-state index is 0.0139. The molecule has 0 saturated heterocycles. The van der Waals surface area contributed by atoms with Crippen molar-refractivity contribution < 1.29 is 5.11 Å². The van der Waals surface area contributed by atoms with Crippen LogP contribution in [0.25, 0.3) is 12.2 Å². The molecule has 0 amide bonds. The van der Waals surface area contributed by atoms with E-state index >= 15 is 0 Å². The van der Waals surface area contributed by atoms with E-state index in [1.54, 1.807) is 0 Å². The van der Waals surface area contributed by atoms with Crippen molar-refractivity contribution in [3.63, 3.8) is 0 Å². The Bertz CT molecular complexity index is 1120. The Morgan fingerprint density at radius 1 is 0.929 bits per heavy atom. The topological polar surface area (TPSA) is 53.9 Å². The number of nitrogens with zero attached hydrogens (tertiary/aromatic N) is 2. The third-order valence-electron chi connectivity index (χ3n) is 5.49. The van der Waals surface area contributed by atoms with E-state index in [0.717, 1.165) is 23.5 Å². The summed E-state index contributed by atoms with van der Waals surface area (Å²) in [6.45, 7) is 2.76. The molecule has 0 fully saturated rings. The molecule has 4 rings (SSSR count). The highest BCUT2D eigenvalue weighted by molar-refractivity contribution is 5.34. The molecule has 4 heteroatoms. The average molecular weight is 374 g/mol. The summed E-state index contributed by atoms with van der Waals surface area (Å²) in [5.41, 5.74) is 4.04. The maximum Gasteiger partial charge on any atom is 0.203 e. The highest BCUT2D eigenvalue weighted by Gasteiger charge is 2.18. The highest BCUT2D eigenvalue weighted by atomic mass is 16.3. The molecule has 0 saturated carbocycles. The molecule has 2 N–H and O–H groups in total. The maximum atomic E-state index is 10.2. The molecular formula is C24H27N3O. The van der Waals surface area contributed by atoms with Crippen molar-refractivity contribution in [1.29, 1.82) is 5.41 Å². The number of hydrogen-bond acceptors (Lipinski definition) is 2. The highest BCUT2D eigenvalue weighted by Crippen LogP contribution is 2.13. The molecule has 1 unspecified atom stereocenters. The van der Waals surface area contributed by atoms with Crippen LogP contribution in [0.3, 0.4) is 0 Å². The van der Waals surface area contributed by atoms with E-state index in [4.69, 9.17) is 5.41 Å². The van der Waals surface area contributed by atoms with E-state index in [-0.39, 0.29) is 12.6 Å². The largest absolute Gasteiger partial charge is 0.394 e. The van der Waals surface area contributed by atoms with Crippen molar-refractivity contribution in [2.45, 2.75) is 38.8 Å². The van der Waals surface area contributed by atoms with Crippen LogP contribution in [0.15, 0.2) is 54.6 Å². The Kier molecular flexibility index (Phi) is 5.31. The number of aliphatic hydroxyl groups excluding tert-OH is 1. The number of nitrogens with one attached hydrogen (secondary N) is 1. The smallest absolute Gasteiger partial charge is 0.203 e. The lowest BCUT2D eigenvalue weighted by Crippen LogP contribution is -2.38. The van der Waals surface area contributed by atoms with Gasteiger partial charge in [0.15, 0.2) is 0 Å². The number of hydrogen-bond donors (Lipinski definition) is 2. The number of imidazole rings is 1. The molecule has 3 aromatic rings. The van der Waals surface area contributed by atoms with Crippen LogP contribution in [0.4, 0.5) is 0 Å². The Morgan fingerprint density at radius 3 is 2.29 bits per heavy atom. The predicted octanol–water partition coefficient (Wildman–Crippen LogP) is 2.26. The minimum Gasteiger partial charge on any atom is -0.394 e. The van der Waals surface area contributed by atoms with Crippen molar-refractivity contribution in [2.75, 3.05) is 6.61 Å². The van der Waals surface area contributed by atoms with Crippen LogP contribution in [0, 0.1) is 12.3 Å². The molecule has 1 aliphatic carbocycles. The van der Waals surface area contributed by atoms with Gasteiger partial charge in [0.05, 0.1) is 29.9 Å². The van der Waals surface area contributed by atoms with Gasteiger partial charge in [0.1, 0.15) is 0 Å². The summed E-state index contributed by atoms with van der Waals surface area (Å²) in [7, 11) is 0. The zero-order valence-electron chi connectivity index (χ0n) is 16.3. The van der Waals surface area contributed by atoms with Crippen molar-refractivity contribution in [3.8, 4) is 0 Å². The summed E-state index contributed by atoms with van der Waals surface area (Å²) >= 11 is 0. The van der Waals surface area contributed by atoms with Gasteiger partial charge in [-0.3, -0.25) is 5.41 Å². The number of benzene rings is 2. The minimum atomic E-state index is -0.149. The molecule has 2 aromatic carbocycles. The molecule has 144 valence electrons. The second kappa shape index (κ2) is 8.03. The fraction of sp³-hybridized carbons (Fsp3) is 0.292. The van der Waals surface area contributed by atoms with Crippen LogP contribution in [-0.2, 0) is 13.0 Å². The van der Waals surface area contributed by atoms with Crippen molar-refractivity contribution in [2.24, 2.45) is 0 Å². The fourth-order valence-electron chi connectivity index (χ4n) is 4.01. The van der Waals surface area contributed by atoms with Gasteiger partial charge in [-0.25, -0.2) is 0 Å². The fourth-order valence-corrected chi connectivity index (χ4v) is 4.01. The standard InChI is InChI=1S/C24H27N3O/c1-18-11-13-19(14-12-18)15-21(17-28)27-23-10-6-5-9-22(23)26(24(27)25)16-20-7-3-2-4-8-20/h2-4,7-14,21,25,28H,5-6,15-17H2,1H3. The van der Waals surface area contributed by atoms with Crippen LogP contribution in [0.5, 0.6) is 0 Å². The quantitative estimate of drug-likeness (QED) is 0.684. The molecule has 1 aromatic heterocycles. The number of aromatic nitrogens is 2. The molecule has 1 heterocycles. The predicted molar refractivity (Wildman–Crippen MR) is 112 cm³/mol. The number of aryl methyl sites for hydroxylation is 1. The van der Waals surface area contributed by atoms with Gasteiger partial charge in [-0.1, -0.05) is 72.3 Å². The molecule has 0 aliphatic heterocycles. The summed E-state index contributed by atoms with van der Waals surface area (Å²) in [5, 5.41) is 21.3. The first kappa shape index (κ1) is 18.5. The van der Waals surface area contributed by atoms with Crippen molar-refractivity contribution in [3.05, 3.63) is 87.6 Å². The summed E-state index contributed by atoms with van der Waals surface area (Å²) < 4.78 is 4.09. The summed E-state index contributed by atoms with van der Waals surface area (Å²) in [6.07, 6.45) is 7.13. The normalized spacial score (nSPS) is 14.1. The van der Waals surface area contributed by atoms with Gasteiger partial charge >= 0.3 is 0 Å². The lowest BCUT2D eigenvalue weighted by Gasteiger charge is -2.17. The second-order valence-corrected chi connectivity index (χ2v) is 7.55. The SMILES string of the molecule is Cc1ccc(CC(CO)n2c3c(n(Cc4ccccc4)c2=N)=CCCC=3)cc1. The lowest BCUT2D eigenvalue weighted by molar-refractivity contribution is 0.220. The van der Waals surface area contributed by atoms with E-state index in [1.807, 2.05) is 22.8 Å². The Hall–Kier alpha value is -2.85. The molecule has 0 bridgehead atoms. The van der Waals surface area contributed by atoms with Gasteiger partial charge in [-0.2, -0.15) is 0 Å². The molecular weight excluding hydrogens is 346 g/mol. The molecule has 0 radical (unpaired) electrons. The van der Waals surface area contributed by atoms with Crippen molar-refractivity contribution in [1.82, 2.24) is 9.13 Å². The summed E-state index contributed by atoms with van der Waals surface area (Å²) in [5.74, 6) is 0. The molecule has 28 heavy (non-hydrogen) atoms. The van der Waals surface area contributed by atoms with Crippen LogP contribution in [0.2, 0.25) is 0 Å². The van der Waals surface area contributed by atoms with Crippen molar-refractivity contribution >= 4 is 12.2 Å².